The minimum atomic E-state index is -0.652. The van der Waals surface area contributed by atoms with Crippen molar-refractivity contribution in [1.82, 2.24) is 14.8 Å². The highest BCUT2D eigenvalue weighted by Crippen LogP contribution is 2.14. The van der Waals surface area contributed by atoms with Gasteiger partial charge in [-0.05, 0) is 6.07 Å². The van der Waals surface area contributed by atoms with Crippen LogP contribution in [0, 0.1) is 10.1 Å². The average molecular weight is 319 g/mol. The van der Waals surface area contributed by atoms with Gasteiger partial charge in [0.05, 0.1) is 24.4 Å². The molecule has 0 aliphatic carbocycles. The predicted octanol–water partition coefficient (Wildman–Crippen LogP) is 1.59. The number of aromatic nitrogens is 2. The van der Waals surface area contributed by atoms with E-state index in [9.17, 15) is 14.9 Å². The smallest absolute Gasteiger partial charge is 0.400 e. The van der Waals surface area contributed by atoms with Crippen LogP contribution in [-0.4, -0.2) is 26.4 Å². The third-order valence-electron chi connectivity index (χ3n) is 2.66. The summed E-state index contributed by atoms with van der Waals surface area (Å²) in [4.78, 5) is 26.6. The lowest BCUT2D eigenvalue weighted by molar-refractivity contribution is -0.402. The van der Waals surface area contributed by atoms with E-state index in [0.29, 0.717) is 5.69 Å². The van der Waals surface area contributed by atoms with Crippen LogP contribution in [0.15, 0.2) is 39.4 Å². The second kappa shape index (κ2) is 5.77. The molecule has 3 rings (SSSR count). The number of furan rings is 1. The van der Waals surface area contributed by atoms with Crippen molar-refractivity contribution in [3.8, 4) is 0 Å². The molecule has 0 saturated heterocycles. The molecule has 0 bridgehead atoms. The molecule has 1 N–H and O–H groups in total. The van der Waals surface area contributed by atoms with Crippen LogP contribution in [0.3, 0.4) is 0 Å². The summed E-state index contributed by atoms with van der Waals surface area (Å²) in [5.74, 6) is -0.552. The van der Waals surface area contributed by atoms with E-state index < -0.39 is 4.92 Å². The molecule has 0 spiro atoms. The van der Waals surface area contributed by atoms with Crippen LogP contribution >= 0.6 is 11.3 Å². The maximum Gasteiger partial charge on any atom is 0.433 e. The van der Waals surface area contributed by atoms with Gasteiger partial charge in [-0.15, -0.1) is 11.3 Å². The summed E-state index contributed by atoms with van der Waals surface area (Å²) in [6.45, 7) is 0. The number of nitro groups is 1. The zero-order chi connectivity index (χ0) is 15.5. The van der Waals surface area contributed by atoms with Gasteiger partial charge in [-0.3, -0.25) is 19.3 Å². The number of nitrogens with zero attached hydrogens (tertiary/aromatic N) is 4. The van der Waals surface area contributed by atoms with E-state index in [0.717, 1.165) is 4.96 Å². The van der Waals surface area contributed by atoms with Crippen molar-refractivity contribution in [3.05, 3.63) is 51.5 Å². The summed E-state index contributed by atoms with van der Waals surface area (Å²) in [6.07, 6.45) is 4.90. The molecule has 9 nitrogen and oxygen atoms in total. The van der Waals surface area contributed by atoms with Crippen LogP contribution in [0.1, 0.15) is 11.5 Å². The Labute approximate surface area is 127 Å². The van der Waals surface area contributed by atoms with E-state index >= 15 is 0 Å². The molecule has 0 atom stereocenters. The number of hydrazone groups is 1. The standard InChI is InChI=1S/C12H9N5O4S/c18-10(5-8-7-16-3-4-22-12(16)14-8)15-13-6-9-1-2-11(21-9)17(19)20/h1-4,6-7H,5H2,(H,15,18)/b13-6-. The van der Waals surface area contributed by atoms with Gasteiger partial charge in [-0.2, -0.15) is 5.10 Å². The van der Waals surface area contributed by atoms with Gasteiger partial charge < -0.3 is 4.42 Å². The number of carbonyl (C=O) groups is 1. The Bertz CT molecular complexity index is 833. The molecule has 0 unspecified atom stereocenters. The molecule has 0 radical (unpaired) electrons. The SMILES string of the molecule is O=C(Cc1cn2ccsc2n1)N/N=C\c1ccc([N+](=O)[O-])o1. The van der Waals surface area contributed by atoms with E-state index in [1.54, 1.807) is 6.20 Å². The fraction of sp³-hybridized carbons (Fsp3) is 0.0833. The summed E-state index contributed by atoms with van der Waals surface area (Å²) in [5.41, 5.74) is 2.94. The minimum Gasteiger partial charge on any atom is -0.400 e. The summed E-state index contributed by atoms with van der Waals surface area (Å²) in [7, 11) is 0. The van der Waals surface area contributed by atoms with Gasteiger partial charge in [0.2, 0.25) is 5.91 Å². The third-order valence-corrected chi connectivity index (χ3v) is 3.43. The van der Waals surface area contributed by atoms with E-state index in [1.807, 2.05) is 16.0 Å². The first-order valence-electron chi connectivity index (χ1n) is 6.09. The molecule has 0 saturated carbocycles. The molecule has 112 valence electrons. The second-order valence-corrected chi connectivity index (χ2v) is 5.10. The second-order valence-electron chi connectivity index (χ2n) is 4.23. The minimum absolute atomic E-state index is 0.0873. The van der Waals surface area contributed by atoms with E-state index in [-0.39, 0.29) is 24.0 Å². The Morgan fingerprint density at radius 1 is 1.59 bits per heavy atom. The molecule has 3 aromatic heterocycles. The summed E-state index contributed by atoms with van der Waals surface area (Å²) < 4.78 is 6.69. The number of nitrogens with one attached hydrogen (secondary N) is 1. The average Bonchev–Trinajstić information content (AvgIpc) is 3.13. The van der Waals surface area contributed by atoms with Crippen molar-refractivity contribution >= 4 is 34.3 Å². The number of imidazole rings is 1. The number of carbonyl (C=O) groups excluding carboxylic acids is 1. The van der Waals surface area contributed by atoms with Crippen LogP contribution in [0.2, 0.25) is 0 Å². The summed E-state index contributed by atoms with van der Waals surface area (Å²) >= 11 is 1.48. The molecule has 10 heteroatoms. The third kappa shape index (κ3) is 3.01. The topological polar surface area (TPSA) is 115 Å². The summed E-state index contributed by atoms with van der Waals surface area (Å²) in [5, 5.41) is 16.0. The Kier molecular flexibility index (Phi) is 3.66. The zero-order valence-electron chi connectivity index (χ0n) is 11.0. The first kappa shape index (κ1) is 13.9. The Balaban J connectivity index is 1.56. The lowest BCUT2D eigenvalue weighted by Crippen LogP contribution is -2.19. The normalized spacial score (nSPS) is 11.3. The number of rotatable bonds is 5. The van der Waals surface area contributed by atoms with Crippen molar-refractivity contribution in [2.75, 3.05) is 0 Å². The van der Waals surface area contributed by atoms with E-state index in [1.165, 1.54) is 29.7 Å². The van der Waals surface area contributed by atoms with Crippen LogP contribution in [-0.2, 0) is 11.2 Å². The Hall–Kier alpha value is -3.01. The van der Waals surface area contributed by atoms with Gasteiger partial charge >= 0.3 is 5.88 Å². The van der Waals surface area contributed by atoms with Crippen molar-refractivity contribution in [2.45, 2.75) is 6.42 Å². The monoisotopic (exact) mass is 319 g/mol. The largest absolute Gasteiger partial charge is 0.433 e. The van der Waals surface area contributed by atoms with E-state index in [4.69, 9.17) is 4.42 Å². The Morgan fingerprint density at radius 3 is 3.18 bits per heavy atom. The molecular weight excluding hydrogens is 310 g/mol. The zero-order valence-corrected chi connectivity index (χ0v) is 11.8. The molecule has 0 aliphatic rings. The van der Waals surface area contributed by atoms with Crippen LogP contribution in [0.4, 0.5) is 5.88 Å². The molecule has 1 amide bonds. The van der Waals surface area contributed by atoms with Crippen molar-refractivity contribution in [3.63, 3.8) is 0 Å². The lowest BCUT2D eigenvalue weighted by atomic mass is 10.3. The first-order valence-corrected chi connectivity index (χ1v) is 6.97. The number of thiazole rings is 1. The quantitative estimate of drug-likeness (QED) is 0.435. The highest BCUT2D eigenvalue weighted by molar-refractivity contribution is 7.15. The van der Waals surface area contributed by atoms with Crippen LogP contribution in [0.25, 0.3) is 4.96 Å². The maximum absolute atomic E-state index is 11.7. The van der Waals surface area contributed by atoms with Gasteiger partial charge in [0.1, 0.15) is 4.92 Å². The molecular formula is C12H9N5O4S. The number of amides is 1. The predicted molar refractivity (Wildman–Crippen MR) is 77.9 cm³/mol. The van der Waals surface area contributed by atoms with E-state index in [2.05, 4.69) is 15.5 Å². The van der Waals surface area contributed by atoms with Gasteiger partial charge in [0.15, 0.2) is 10.7 Å². The number of fused-ring (bicyclic) bond motifs is 1. The molecule has 0 fully saturated rings. The maximum atomic E-state index is 11.7. The molecule has 3 heterocycles. The van der Waals surface area contributed by atoms with Crippen molar-refractivity contribution in [2.24, 2.45) is 5.10 Å². The fourth-order valence-corrected chi connectivity index (χ4v) is 2.46. The highest BCUT2D eigenvalue weighted by atomic mass is 32.1. The molecule has 0 aromatic carbocycles. The first-order chi connectivity index (χ1) is 10.6. The van der Waals surface area contributed by atoms with Gasteiger partial charge in [-0.25, -0.2) is 10.4 Å². The fourth-order valence-electron chi connectivity index (χ4n) is 1.74. The molecule has 0 aliphatic heterocycles. The lowest BCUT2D eigenvalue weighted by Gasteiger charge is -1.95. The van der Waals surface area contributed by atoms with Crippen LogP contribution < -0.4 is 5.43 Å². The van der Waals surface area contributed by atoms with Crippen molar-refractivity contribution in [1.29, 1.82) is 0 Å². The Morgan fingerprint density at radius 2 is 2.45 bits per heavy atom. The van der Waals surface area contributed by atoms with Gasteiger partial charge in [0, 0.05) is 17.8 Å². The van der Waals surface area contributed by atoms with Gasteiger partial charge in [-0.1, -0.05) is 0 Å². The highest BCUT2D eigenvalue weighted by Gasteiger charge is 2.11. The van der Waals surface area contributed by atoms with Gasteiger partial charge in [0.25, 0.3) is 0 Å². The molecule has 22 heavy (non-hydrogen) atoms. The molecule has 3 aromatic rings. The van der Waals surface area contributed by atoms with Crippen LogP contribution in [0.5, 0.6) is 0 Å². The number of hydrogen-bond donors (Lipinski definition) is 1. The number of hydrogen-bond acceptors (Lipinski definition) is 7. The van der Waals surface area contributed by atoms with Crippen molar-refractivity contribution < 1.29 is 14.1 Å². The summed E-state index contributed by atoms with van der Waals surface area (Å²) in [6, 6.07) is 2.60.